The third kappa shape index (κ3) is 4.04. The molecule has 74 valence electrons. The molecule has 0 fully saturated rings. The standard InChI is InChI=1S/C9H22N2O/c1-8(11(2)3)9(12-4)6-5-7-10/h8-9H,5-7,10H2,1-4H3. The van der Waals surface area contributed by atoms with Crippen molar-refractivity contribution >= 4 is 0 Å². The number of hydrogen-bond donors (Lipinski definition) is 1. The van der Waals surface area contributed by atoms with Gasteiger partial charge in [0.2, 0.25) is 0 Å². The number of nitrogens with two attached hydrogens (primary N) is 1. The maximum Gasteiger partial charge on any atom is 0.0724 e. The molecule has 3 heteroatoms. The Labute approximate surface area is 75.9 Å². The summed E-state index contributed by atoms with van der Waals surface area (Å²) in [6.07, 6.45) is 2.40. The molecule has 0 aromatic heterocycles. The molecule has 2 unspecified atom stereocenters. The predicted molar refractivity (Wildman–Crippen MR) is 52.2 cm³/mol. The first-order valence-electron chi connectivity index (χ1n) is 4.52. The van der Waals surface area contributed by atoms with E-state index in [1.54, 1.807) is 7.11 Å². The van der Waals surface area contributed by atoms with E-state index in [-0.39, 0.29) is 0 Å². The van der Waals surface area contributed by atoms with Gasteiger partial charge < -0.3 is 15.4 Å². The van der Waals surface area contributed by atoms with Crippen LogP contribution in [0.5, 0.6) is 0 Å². The molecule has 0 saturated heterocycles. The van der Waals surface area contributed by atoms with Crippen molar-refractivity contribution in [2.45, 2.75) is 31.9 Å². The van der Waals surface area contributed by atoms with Gasteiger partial charge in [-0.1, -0.05) is 0 Å². The summed E-state index contributed by atoms with van der Waals surface area (Å²) in [5, 5.41) is 0. The molecule has 3 nitrogen and oxygen atoms in total. The summed E-state index contributed by atoms with van der Waals surface area (Å²) in [7, 11) is 5.90. The van der Waals surface area contributed by atoms with Crippen LogP contribution < -0.4 is 5.73 Å². The summed E-state index contributed by atoms with van der Waals surface area (Å²) >= 11 is 0. The lowest BCUT2D eigenvalue weighted by molar-refractivity contribution is 0.0330. The van der Waals surface area contributed by atoms with E-state index >= 15 is 0 Å². The zero-order chi connectivity index (χ0) is 9.56. The van der Waals surface area contributed by atoms with Gasteiger partial charge >= 0.3 is 0 Å². The van der Waals surface area contributed by atoms with Crippen molar-refractivity contribution in [3.63, 3.8) is 0 Å². The predicted octanol–water partition coefficient (Wildman–Crippen LogP) is 0.690. The Bertz CT molecular complexity index is 107. The van der Waals surface area contributed by atoms with Crippen LogP contribution in [0.25, 0.3) is 0 Å². The number of methoxy groups -OCH3 is 1. The van der Waals surface area contributed by atoms with E-state index in [2.05, 4.69) is 25.9 Å². The molecule has 0 saturated carbocycles. The Kier molecular flexibility index (Phi) is 6.34. The van der Waals surface area contributed by atoms with Crippen LogP contribution in [0.4, 0.5) is 0 Å². The van der Waals surface area contributed by atoms with E-state index in [9.17, 15) is 0 Å². The molecule has 0 spiro atoms. The van der Waals surface area contributed by atoms with Crippen molar-refractivity contribution in [3.8, 4) is 0 Å². The van der Waals surface area contributed by atoms with Crippen molar-refractivity contribution < 1.29 is 4.74 Å². The second-order valence-corrected chi connectivity index (χ2v) is 3.41. The molecule has 0 aliphatic carbocycles. The highest BCUT2D eigenvalue weighted by molar-refractivity contribution is 4.71. The van der Waals surface area contributed by atoms with Gasteiger partial charge in [0.1, 0.15) is 0 Å². The molecule has 0 rings (SSSR count). The van der Waals surface area contributed by atoms with Gasteiger partial charge in [0.15, 0.2) is 0 Å². The van der Waals surface area contributed by atoms with Gasteiger partial charge in [0.05, 0.1) is 6.10 Å². The molecule has 2 N–H and O–H groups in total. The lowest BCUT2D eigenvalue weighted by Crippen LogP contribution is -2.37. The molecule has 0 bridgehead atoms. The van der Waals surface area contributed by atoms with Crippen LogP contribution in [-0.2, 0) is 4.74 Å². The van der Waals surface area contributed by atoms with Crippen LogP contribution in [0.3, 0.4) is 0 Å². The van der Waals surface area contributed by atoms with Crippen LogP contribution in [-0.4, -0.2) is 44.8 Å². The van der Waals surface area contributed by atoms with Crippen molar-refractivity contribution in [2.24, 2.45) is 5.73 Å². The fraction of sp³-hybridized carbons (Fsp3) is 1.00. The Morgan fingerprint density at radius 1 is 1.42 bits per heavy atom. The lowest BCUT2D eigenvalue weighted by atomic mass is 10.1. The first-order chi connectivity index (χ1) is 5.63. The number of ether oxygens (including phenoxy) is 1. The Hall–Kier alpha value is -0.120. The molecule has 0 amide bonds. The lowest BCUT2D eigenvalue weighted by Gasteiger charge is -2.28. The second kappa shape index (κ2) is 6.40. The molecule has 0 heterocycles. The highest BCUT2D eigenvalue weighted by atomic mass is 16.5. The molecular weight excluding hydrogens is 152 g/mol. The van der Waals surface area contributed by atoms with Crippen molar-refractivity contribution in [1.82, 2.24) is 4.90 Å². The highest BCUT2D eigenvalue weighted by Gasteiger charge is 2.17. The Morgan fingerprint density at radius 2 is 2.00 bits per heavy atom. The normalized spacial score (nSPS) is 16.5. The minimum atomic E-state index is 0.309. The number of hydrogen-bond acceptors (Lipinski definition) is 3. The van der Waals surface area contributed by atoms with Crippen molar-refractivity contribution in [3.05, 3.63) is 0 Å². The minimum absolute atomic E-state index is 0.309. The molecule has 0 aliphatic rings. The smallest absolute Gasteiger partial charge is 0.0724 e. The maximum atomic E-state index is 5.44. The Balaban J connectivity index is 3.79. The third-order valence-electron chi connectivity index (χ3n) is 2.35. The fourth-order valence-corrected chi connectivity index (χ4v) is 1.21. The van der Waals surface area contributed by atoms with Gasteiger partial charge in [0.25, 0.3) is 0 Å². The van der Waals surface area contributed by atoms with Crippen LogP contribution in [0.15, 0.2) is 0 Å². The molecule has 12 heavy (non-hydrogen) atoms. The van der Waals surface area contributed by atoms with Crippen LogP contribution in [0.1, 0.15) is 19.8 Å². The van der Waals surface area contributed by atoms with E-state index < -0.39 is 0 Å². The second-order valence-electron chi connectivity index (χ2n) is 3.41. The molecular formula is C9H22N2O. The summed E-state index contributed by atoms with van der Waals surface area (Å²) in [6.45, 7) is 2.92. The van der Waals surface area contributed by atoms with Gasteiger partial charge in [-0.15, -0.1) is 0 Å². The van der Waals surface area contributed by atoms with Crippen molar-refractivity contribution in [2.75, 3.05) is 27.7 Å². The summed E-state index contributed by atoms with van der Waals surface area (Å²) in [5.41, 5.74) is 5.44. The molecule has 0 aliphatic heterocycles. The van der Waals surface area contributed by atoms with Gasteiger partial charge in [-0.2, -0.15) is 0 Å². The summed E-state index contributed by atoms with van der Waals surface area (Å²) in [5.74, 6) is 0. The summed E-state index contributed by atoms with van der Waals surface area (Å²) in [6, 6.07) is 0.460. The highest BCUT2D eigenvalue weighted by Crippen LogP contribution is 2.09. The molecule has 2 atom stereocenters. The number of likely N-dealkylation sites (N-methyl/N-ethyl adjacent to an activating group) is 1. The van der Waals surface area contributed by atoms with Crippen LogP contribution in [0.2, 0.25) is 0 Å². The van der Waals surface area contributed by atoms with Gasteiger partial charge in [-0.25, -0.2) is 0 Å². The monoisotopic (exact) mass is 174 g/mol. The fourth-order valence-electron chi connectivity index (χ4n) is 1.21. The third-order valence-corrected chi connectivity index (χ3v) is 2.35. The van der Waals surface area contributed by atoms with Crippen LogP contribution >= 0.6 is 0 Å². The number of rotatable bonds is 6. The maximum absolute atomic E-state index is 5.44. The molecule has 0 radical (unpaired) electrons. The first kappa shape index (κ1) is 11.9. The SMILES string of the molecule is COC(CCCN)C(C)N(C)C. The summed E-state index contributed by atoms with van der Waals surface area (Å²) in [4.78, 5) is 2.17. The molecule has 0 aromatic rings. The van der Waals surface area contributed by atoms with E-state index in [0.29, 0.717) is 12.1 Å². The topological polar surface area (TPSA) is 38.5 Å². The first-order valence-corrected chi connectivity index (χ1v) is 4.52. The largest absolute Gasteiger partial charge is 0.380 e. The van der Waals surface area contributed by atoms with Gasteiger partial charge in [-0.3, -0.25) is 0 Å². The van der Waals surface area contributed by atoms with E-state index in [1.165, 1.54) is 0 Å². The van der Waals surface area contributed by atoms with Crippen LogP contribution in [0, 0.1) is 0 Å². The Morgan fingerprint density at radius 3 is 2.33 bits per heavy atom. The average molecular weight is 174 g/mol. The van der Waals surface area contributed by atoms with E-state index in [1.807, 2.05) is 0 Å². The zero-order valence-corrected chi connectivity index (χ0v) is 8.71. The van der Waals surface area contributed by atoms with E-state index in [4.69, 9.17) is 10.5 Å². The average Bonchev–Trinajstić information content (AvgIpc) is 2.05. The summed E-state index contributed by atoms with van der Waals surface area (Å²) < 4.78 is 5.38. The molecule has 0 aromatic carbocycles. The quantitative estimate of drug-likeness (QED) is 0.644. The number of nitrogens with zero attached hydrogens (tertiary/aromatic N) is 1. The van der Waals surface area contributed by atoms with Gasteiger partial charge in [-0.05, 0) is 40.4 Å². The minimum Gasteiger partial charge on any atom is -0.380 e. The van der Waals surface area contributed by atoms with Gasteiger partial charge in [0, 0.05) is 13.2 Å². The zero-order valence-electron chi connectivity index (χ0n) is 8.71. The van der Waals surface area contributed by atoms with Crippen molar-refractivity contribution in [1.29, 1.82) is 0 Å². The van der Waals surface area contributed by atoms with E-state index in [0.717, 1.165) is 19.4 Å².